The molecule has 1 aliphatic rings. The third-order valence-electron chi connectivity index (χ3n) is 5.15. The molecule has 2 N–H and O–H groups in total. The predicted octanol–water partition coefficient (Wildman–Crippen LogP) is 4.47. The average molecular weight is 462 g/mol. The van der Waals surface area contributed by atoms with Gasteiger partial charge in [-0.15, -0.1) is 0 Å². The minimum atomic E-state index is -1.04. The van der Waals surface area contributed by atoms with E-state index in [1.165, 1.54) is 12.4 Å². The first-order valence-corrected chi connectivity index (χ1v) is 10.6. The summed E-state index contributed by atoms with van der Waals surface area (Å²) in [7, 11) is 0. The summed E-state index contributed by atoms with van der Waals surface area (Å²) < 4.78 is 0. The van der Waals surface area contributed by atoms with Crippen molar-refractivity contribution < 1.29 is 19.5 Å². The van der Waals surface area contributed by atoms with E-state index in [9.17, 15) is 19.5 Å². The van der Waals surface area contributed by atoms with E-state index in [2.05, 4.69) is 15.3 Å². The van der Waals surface area contributed by atoms with Crippen LogP contribution in [-0.4, -0.2) is 39.5 Å². The Balaban J connectivity index is 1.71. The molecule has 1 fully saturated rings. The quantitative estimate of drug-likeness (QED) is 0.631. The maximum absolute atomic E-state index is 12.5. The Morgan fingerprint density at radius 3 is 2.42 bits per heavy atom. The van der Waals surface area contributed by atoms with Gasteiger partial charge in [0.25, 0.3) is 5.91 Å². The second kappa shape index (κ2) is 10.0. The Kier molecular flexibility index (Phi) is 7.41. The number of rotatable bonds is 7. The van der Waals surface area contributed by atoms with Gasteiger partial charge in [0.15, 0.2) is 6.04 Å². The number of nitrogens with one attached hydrogen (secondary N) is 1. The number of anilines is 1. The number of hydrogen-bond acceptors (Lipinski definition) is 5. The molecule has 162 valence electrons. The van der Waals surface area contributed by atoms with Gasteiger partial charge in [-0.1, -0.05) is 42.3 Å². The third-order valence-corrected chi connectivity index (χ3v) is 5.73. The molecule has 3 rings (SSSR count). The van der Waals surface area contributed by atoms with Crippen LogP contribution in [0.1, 0.15) is 42.1 Å². The zero-order valence-corrected chi connectivity index (χ0v) is 18.3. The van der Waals surface area contributed by atoms with E-state index in [0.717, 1.165) is 5.56 Å². The molecule has 1 heterocycles. The molecule has 0 radical (unpaired) electrons. The molecule has 0 aliphatic heterocycles. The largest absolute Gasteiger partial charge is 0.480 e. The number of halogens is 2. The van der Waals surface area contributed by atoms with E-state index in [1.807, 2.05) is 6.92 Å². The van der Waals surface area contributed by atoms with Crippen molar-refractivity contribution in [2.75, 3.05) is 5.32 Å². The summed E-state index contributed by atoms with van der Waals surface area (Å²) in [4.78, 5) is 44.3. The first-order chi connectivity index (χ1) is 14.8. The number of aliphatic imine (C=N–C) groups is 1. The molecule has 9 heteroatoms. The molecule has 0 bridgehead atoms. The summed E-state index contributed by atoms with van der Waals surface area (Å²) >= 11 is 12.0. The highest BCUT2D eigenvalue weighted by atomic mass is 35.5. The minimum Gasteiger partial charge on any atom is -0.480 e. The van der Waals surface area contributed by atoms with Gasteiger partial charge in [0, 0.05) is 36.6 Å². The molecule has 1 unspecified atom stereocenters. The molecule has 0 spiro atoms. The number of amides is 1. The molecular formula is C22H21Cl2N3O4. The molecular weight excluding hydrogens is 441 g/mol. The van der Waals surface area contributed by atoms with Crippen LogP contribution in [0.5, 0.6) is 0 Å². The van der Waals surface area contributed by atoms with Gasteiger partial charge < -0.3 is 10.4 Å². The standard InChI is InChI=1S/C22H21Cl2N3O4/c1-2-14-17(7-8-19(14)28)27-18(22(30)31)9-12-3-5-13(6-4-12)26-21(29)20-15(23)10-25-11-16(20)24/h3-6,10-11,14,18H,2,7-9H2,1H3,(H,26,29)(H,30,31)/t14?,18-/m0/s1. The summed E-state index contributed by atoms with van der Waals surface area (Å²) in [6.45, 7) is 1.90. The molecule has 1 saturated carbocycles. The van der Waals surface area contributed by atoms with Crippen LogP contribution in [0, 0.1) is 5.92 Å². The number of benzene rings is 1. The highest BCUT2D eigenvalue weighted by Crippen LogP contribution is 2.25. The predicted molar refractivity (Wildman–Crippen MR) is 119 cm³/mol. The lowest BCUT2D eigenvalue weighted by atomic mass is 10.0. The second-order valence-corrected chi connectivity index (χ2v) is 8.05. The number of carbonyl (C=O) groups excluding carboxylic acids is 2. The monoisotopic (exact) mass is 461 g/mol. The lowest BCUT2D eigenvalue weighted by molar-refractivity contribution is -0.138. The highest BCUT2D eigenvalue weighted by molar-refractivity contribution is 6.40. The lowest BCUT2D eigenvalue weighted by Crippen LogP contribution is -2.24. The second-order valence-electron chi connectivity index (χ2n) is 7.23. The summed E-state index contributed by atoms with van der Waals surface area (Å²) in [5.41, 5.74) is 2.05. The number of aliphatic carboxylic acids is 1. The van der Waals surface area contributed by atoms with Crippen molar-refractivity contribution in [3.05, 3.63) is 57.8 Å². The van der Waals surface area contributed by atoms with Crippen LogP contribution in [0.25, 0.3) is 0 Å². The molecule has 2 aromatic rings. The minimum absolute atomic E-state index is 0.125. The zero-order valence-electron chi connectivity index (χ0n) is 16.8. The molecule has 1 amide bonds. The van der Waals surface area contributed by atoms with Crippen LogP contribution in [-0.2, 0) is 16.0 Å². The van der Waals surface area contributed by atoms with Gasteiger partial charge in [0.2, 0.25) is 0 Å². The third kappa shape index (κ3) is 5.48. The molecule has 2 atom stereocenters. The lowest BCUT2D eigenvalue weighted by Gasteiger charge is -2.13. The normalized spacial score (nSPS) is 18.2. The van der Waals surface area contributed by atoms with Crippen LogP contribution >= 0.6 is 23.2 Å². The first kappa shape index (κ1) is 22.9. The van der Waals surface area contributed by atoms with Crippen molar-refractivity contribution >= 4 is 52.3 Å². The Morgan fingerprint density at radius 2 is 1.84 bits per heavy atom. The van der Waals surface area contributed by atoms with Crippen molar-refractivity contribution in [2.24, 2.45) is 10.9 Å². The number of ketones is 1. The Labute approximate surface area is 189 Å². The topological polar surface area (TPSA) is 109 Å². The highest BCUT2D eigenvalue weighted by Gasteiger charge is 2.31. The fourth-order valence-corrected chi connectivity index (χ4v) is 4.10. The van der Waals surface area contributed by atoms with E-state index in [1.54, 1.807) is 24.3 Å². The summed E-state index contributed by atoms with van der Waals surface area (Å²) in [5, 5.41) is 12.6. The SMILES string of the molecule is CCC1C(=O)CCC1=N[C@@H](Cc1ccc(NC(=O)c2c(Cl)cncc2Cl)cc1)C(=O)O. The Hall–Kier alpha value is -2.77. The molecule has 0 saturated heterocycles. The number of pyridine rings is 1. The van der Waals surface area contributed by atoms with Gasteiger partial charge in [-0.25, -0.2) is 4.79 Å². The molecule has 31 heavy (non-hydrogen) atoms. The number of nitrogens with zero attached hydrogens (tertiary/aromatic N) is 2. The van der Waals surface area contributed by atoms with Crippen LogP contribution in [0.15, 0.2) is 41.7 Å². The van der Waals surface area contributed by atoms with Crippen LogP contribution in [0.2, 0.25) is 10.0 Å². The fourth-order valence-electron chi connectivity index (χ4n) is 3.56. The molecule has 1 aromatic heterocycles. The van der Waals surface area contributed by atoms with Gasteiger partial charge in [-0.3, -0.25) is 19.6 Å². The summed E-state index contributed by atoms with van der Waals surface area (Å²) in [6, 6.07) is 5.80. The van der Waals surface area contributed by atoms with Crippen LogP contribution in [0.3, 0.4) is 0 Å². The summed E-state index contributed by atoms with van der Waals surface area (Å²) in [6.07, 6.45) is 4.42. The van der Waals surface area contributed by atoms with E-state index in [-0.39, 0.29) is 33.7 Å². The van der Waals surface area contributed by atoms with Gasteiger partial charge in [-0.05, 0) is 30.5 Å². The van der Waals surface area contributed by atoms with Crippen molar-refractivity contribution in [1.82, 2.24) is 4.98 Å². The maximum atomic E-state index is 12.5. The number of carbonyl (C=O) groups is 3. The summed E-state index contributed by atoms with van der Waals surface area (Å²) in [5.74, 6) is -1.66. The van der Waals surface area contributed by atoms with Gasteiger partial charge in [0.05, 0.1) is 21.5 Å². The van der Waals surface area contributed by atoms with E-state index in [0.29, 0.717) is 30.7 Å². The van der Waals surface area contributed by atoms with Crippen molar-refractivity contribution in [2.45, 2.75) is 38.6 Å². The fraction of sp³-hybridized carbons (Fsp3) is 0.318. The van der Waals surface area contributed by atoms with Gasteiger partial charge in [-0.2, -0.15) is 0 Å². The zero-order chi connectivity index (χ0) is 22.5. The number of carboxylic acid groups (broad SMARTS) is 1. The van der Waals surface area contributed by atoms with Crippen molar-refractivity contribution in [3.63, 3.8) is 0 Å². The van der Waals surface area contributed by atoms with Crippen molar-refractivity contribution in [3.8, 4) is 0 Å². The molecule has 1 aromatic carbocycles. The van der Waals surface area contributed by atoms with E-state index in [4.69, 9.17) is 23.2 Å². The van der Waals surface area contributed by atoms with E-state index < -0.39 is 17.9 Å². The molecule has 1 aliphatic carbocycles. The smallest absolute Gasteiger partial charge is 0.328 e. The van der Waals surface area contributed by atoms with Gasteiger partial charge >= 0.3 is 5.97 Å². The van der Waals surface area contributed by atoms with Gasteiger partial charge in [0.1, 0.15) is 5.78 Å². The maximum Gasteiger partial charge on any atom is 0.328 e. The van der Waals surface area contributed by atoms with E-state index >= 15 is 0 Å². The Bertz CT molecular complexity index is 1020. The van der Waals surface area contributed by atoms with Crippen molar-refractivity contribution in [1.29, 1.82) is 0 Å². The van der Waals surface area contributed by atoms with Crippen LogP contribution < -0.4 is 5.32 Å². The number of Topliss-reactive ketones (excluding diaryl/α,β-unsaturated/α-hetero) is 1. The average Bonchev–Trinajstić information content (AvgIpc) is 3.07. The number of aromatic nitrogens is 1. The molecule has 7 nitrogen and oxygen atoms in total. The Morgan fingerprint density at radius 1 is 1.19 bits per heavy atom. The van der Waals surface area contributed by atoms with Crippen LogP contribution in [0.4, 0.5) is 5.69 Å². The first-order valence-electron chi connectivity index (χ1n) is 9.81. The number of hydrogen-bond donors (Lipinski definition) is 2. The number of carboxylic acids is 1.